The van der Waals surface area contributed by atoms with Gasteiger partial charge in [-0.15, -0.1) is 5.10 Å². The molecule has 1 fully saturated rings. The number of hydrogen-bond acceptors (Lipinski definition) is 7. The molecule has 1 aliphatic carbocycles. The van der Waals surface area contributed by atoms with E-state index in [1.165, 1.54) is 5.56 Å². The molecule has 2 N–H and O–H groups in total. The topological polar surface area (TPSA) is 88.6 Å². The second-order valence-electron chi connectivity index (χ2n) is 7.28. The van der Waals surface area contributed by atoms with Crippen LogP contribution in [0.5, 0.6) is 11.5 Å². The number of benzene rings is 2. The molecule has 2 unspecified atom stereocenters. The number of aromatic nitrogens is 5. The van der Waals surface area contributed by atoms with Crippen LogP contribution in [0.1, 0.15) is 31.2 Å². The van der Waals surface area contributed by atoms with Gasteiger partial charge in [-0.1, -0.05) is 49.0 Å². The Kier molecular flexibility index (Phi) is 5.23. The number of anilines is 1. The van der Waals surface area contributed by atoms with Crippen molar-refractivity contribution < 1.29 is 4.74 Å². The molecule has 8 heteroatoms. The molecule has 0 spiro atoms. The number of ether oxygens (including phenoxy) is 1. The quantitative estimate of drug-likeness (QED) is 0.307. The number of nitrogens with one attached hydrogen (secondary N) is 2. The number of H-pyrrole nitrogens is 1. The summed E-state index contributed by atoms with van der Waals surface area (Å²) in [7, 11) is 0. The highest BCUT2D eigenvalue weighted by Gasteiger charge is 2.39. The minimum absolute atomic E-state index is 0.324. The van der Waals surface area contributed by atoms with Crippen molar-refractivity contribution in [1.29, 1.82) is 0 Å². The van der Waals surface area contributed by atoms with E-state index in [2.05, 4.69) is 49.8 Å². The van der Waals surface area contributed by atoms with E-state index in [0.29, 0.717) is 23.1 Å². The molecule has 7 nitrogen and oxygen atoms in total. The van der Waals surface area contributed by atoms with Crippen LogP contribution in [0, 0.1) is 0 Å². The Morgan fingerprint density at radius 2 is 1.83 bits per heavy atom. The number of fused-ring (bicyclic) bond motifs is 1. The highest BCUT2D eigenvalue weighted by Crippen LogP contribution is 2.43. The molecule has 0 saturated heterocycles. The summed E-state index contributed by atoms with van der Waals surface area (Å²) in [5, 5.41) is 15.3. The minimum atomic E-state index is 0.324. The van der Waals surface area contributed by atoms with Crippen molar-refractivity contribution in [3.05, 3.63) is 60.2 Å². The smallest absolute Gasteiger partial charge is 0.207 e. The standard InChI is InChI=1S/C22H22N6OS/c1-2-12-30-22-24-20(19-21(25-22)27-28-26-19)23-18-13-17(18)14-8-10-16(11-9-14)29-15-6-4-3-5-7-15/h3-11,17-18H,2,12-13H2,1H3,(H2,23,24,25,26,27,28). The third kappa shape index (κ3) is 4.09. The van der Waals surface area contributed by atoms with Crippen molar-refractivity contribution in [2.45, 2.75) is 36.9 Å². The van der Waals surface area contributed by atoms with Crippen LogP contribution >= 0.6 is 11.8 Å². The van der Waals surface area contributed by atoms with Crippen molar-refractivity contribution in [3.63, 3.8) is 0 Å². The van der Waals surface area contributed by atoms with Gasteiger partial charge in [-0.2, -0.15) is 15.3 Å². The first-order valence-corrected chi connectivity index (χ1v) is 11.1. The fourth-order valence-electron chi connectivity index (χ4n) is 3.39. The van der Waals surface area contributed by atoms with Gasteiger partial charge in [0.1, 0.15) is 11.5 Å². The Bertz CT molecular complexity index is 1130. The van der Waals surface area contributed by atoms with Crippen molar-refractivity contribution in [3.8, 4) is 11.5 Å². The molecule has 2 atom stereocenters. The molecule has 0 amide bonds. The lowest BCUT2D eigenvalue weighted by molar-refractivity contribution is 0.482. The van der Waals surface area contributed by atoms with Gasteiger partial charge in [0.25, 0.3) is 0 Å². The zero-order chi connectivity index (χ0) is 20.3. The van der Waals surface area contributed by atoms with Gasteiger partial charge < -0.3 is 10.1 Å². The Balaban J connectivity index is 1.27. The van der Waals surface area contributed by atoms with E-state index in [-0.39, 0.29) is 0 Å². The number of thioether (sulfide) groups is 1. The number of nitrogens with zero attached hydrogens (tertiary/aromatic N) is 4. The molecule has 0 bridgehead atoms. The van der Waals surface area contributed by atoms with Crippen molar-refractivity contribution in [2.24, 2.45) is 0 Å². The van der Waals surface area contributed by atoms with Gasteiger partial charge in [-0.3, -0.25) is 0 Å². The van der Waals surface area contributed by atoms with Crippen LogP contribution in [-0.2, 0) is 0 Å². The van der Waals surface area contributed by atoms with E-state index >= 15 is 0 Å². The molecule has 0 aliphatic heterocycles. The lowest BCUT2D eigenvalue weighted by Gasteiger charge is -2.08. The lowest BCUT2D eigenvalue weighted by atomic mass is 10.1. The Morgan fingerprint density at radius 1 is 1.03 bits per heavy atom. The van der Waals surface area contributed by atoms with Gasteiger partial charge >= 0.3 is 0 Å². The SMILES string of the molecule is CCCSc1nc(NC2CC2c2ccc(Oc3ccccc3)cc2)c2n[nH]nc2n1. The molecule has 2 heterocycles. The molecule has 152 valence electrons. The molecule has 1 aliphatic rings. The summed E-state index contributed by atoms with van der Waals surface area (Å²) in [4.78, 5) is 9.15. The molecule has 2 aromatic heterocycles. The van der Waals surface area contributed by atoms with E-state index in [1.807, 2.05) is 42.5 Å². The third-order valence-corrected chi connectivity index (χ3v) is 6.05. The van der Waals surface area contributed by atoms with Crippen molar-refractivity contribution in [1.82, 2.24) is 25.4 Å². The largest absolute Gasteiger partial charge is 0.457 e. The maximum atomic E-state index is 5.89. The predicted molar refractivity (Wildman–Crippen MR) is 118 cm³/mol. The molecule has 4 aromatic rings. The van der Waals surface area contributed by atoms with E-state index in [9.17, 15) is 0 Å². The zero-order valence-corrected chi connectivity index (χ0v) is 17.4. The van der Waals surface area contributed by atoms with Crippen LogP contribution < -0.4 is 10.1 Å². The zero-order valence-electron chi connectivity index (χ0n) is 16.6. The van der Waals surface area contributed by atoms with Crippen LogP contribution in [-0.4, -0.2) is 37.2 Å². The fraction of sp³-hybridized carbons (Fsp3) is 0.273. The maximum Gasteiger partial charge on any atom is 0.207 e. The first-order chi connectivity index (χ1) is 14.8. The monoisotopic (exact) mass is 418 g/mol. The molecule has 1 saturated carbocycles. The summed E-state index contributed by atoms with van der Waals surface area (Å²) in [6.45, 7) is 2.14. The predicted octanol–water partition coefficient (Wildman–Crippen LogP) is 5.01. The van der Waals surface area contributed by atoms with E-state index in [1.54, 1.807) is 11.8 Å². The molecule has 0 radical (unpaired) electrons. The molecule has 2 aromatic carbocycles. The van der Waals surface area contributed by atoms with Crippen LogP contribution in [0.15, 0.2) is 59.8 Å². The third-order valence-electron chi connectivity index (χ3n) is 5.00. The molecule has 5 rings (SSSR count). The normalized spacial score (nSPS) is 17.8. The van der Waals surface area contributed by atoms with Crippen molar-refractivity contribution in [2.75, 3.05) is 11.1 Å². The van der Waals surface area contributed by atoms with Crippen LogP contribution in [0.3, 0.4) is 0 Å². The second kappa shape index (κ2) is 8.31. The minimum Gasteiger partial charge on any atom is -0.457 e. The molecule has 30 heavy (non-hydrogen) atoms. The fourth-order valence-corrected chi connectivity index (χ4v) is 4.08. The highest BCUT2D eigenvalue weighted by molar-refractivity contribution is 7.99. The summed E-state index contributed by atoms with van der Waals surface area (Å²) in [5.41, 5.74) is 2.58. The Labute approximate surface area is 178 Å². The summed E-state index contributed by atoms with van der Waals surface area (Å²) in [6, 6.07) is 18.5. The summed E-state index contributed by atoms with van der Waals surface area (Å²) < 4.78 is 5.89. The first kappa shape index (κ1) is 18.9. The van der Waals surface area contributed by atoms with Crippen LogP contribution in [0.2, 0.25) is 0 Å². The Morgan fingerprint density at radius 3 is 2.63 bits per heavy atom. The van der Waals surface area contributed by atoms with Gasteiger partial charge in [0.15, 0.2) is 16.5 Å². The number of rotatable bonds is 8. The maximum absolute atomic E-state index is 5.89. The number of para-hydroxylation sites is 1. The average molecular weight is 419 g/mol. The van der Waals surface area contributed by atoms with Crippen LogP contribution in [0.4, 0.5) is 5.82 Å². The van der Waals surface area contributed by atoms with Gasteiger partial charge in [-0.25, -0.2) is 4.98 Å². The summed E-state index contributed by atoms with van der Waals surface area (Å²) >= 11 is 1.64. The van der Waals surface area contributed by atoms with Gasteiger partial charge in [0.05, 0.1) is 0 Å². The van der Waals surface area contributed by atoms with Gasteiger partial charge in [0, 0.05) is 17.7 Å². The molecular formula is C22H22N6OS. The second-order valence-corrected chi connectivity index (χ2v) is 8.34. The van der Waals surface area contributed by atoms with Gasteiger partial charge in [-0.05, 0) is 42.7 Å². The van der Waals surface area contributed by atoms with E-state index in [0.717, 1.165) is 41.1 Å². The molecular weight excluding hydrogens is 396 g/mol. The van der Waals surface area contributed by atoms with Crippen LogP contribution in [0.25, 0.3) is 11.2 Å². The van der Waals surface area contributed by atoms with E-state index < -0.39 is 0 Å². The lowest BCUT2D eigenvalue weighted by Crippen LogP contribution is -2.08. The Hall–Kier alpha value is -3.13. The average Bonchev–Trinajstić information content (AvgIpc) is 3.37. The van der Waals surface area contributed by atoms with Gasteiger partial charge in [0.2, 0.25) is 5.65 Å². The number of hydrogen-bond donors (Lipinski definition) is 2. The summed E-state index contributed by atoms with van der Waals surface area (Å²) in [6.07, 6.45) is 2.13. The highest BCUT2D eigenvalue weighted by atomic mass is 32.2. The number of aromatic amines is 1. The van der Waals surface area contributed by atoms with Crippen molar-refractivity contribution >= 4 is 28.7 Å². The van der Waals surface area contributed by atoms with E-state index in [4.69, 9.17) is 4.74 Å². The first-order valence-electron chi connectivity index (χ1n) is 10.1. The summed E-state index contributed by atoms with van der Waals surface area (Å²) in [5.74, 6) is 3.86.